The van der Waals surface area contributed by atoms with Gasteiger partial charge < -0.3 is 26.0 Å². The molecule has 1 aliphatic rings. The van der Waals surface area contributed by atoms with E-state index in [1.807, 2.05) is 43.3 Å². The molecule has 0 aromatic heterocycles. The van der Waals surface area contributed by atoms with Gasteiger partial charge in [0.15, 0.2) is 12.7 Å². The summed E-state index contributed by atoms with van der Waals surface area (Å²) in [7, 11) is -4.35. The number of nitrogens with zero attached hydrogens (tertiary/aromatic N) is 1. The summed E-state index contributed by atoms with van der Waals surface area (Å²) in [5.41, 5.74) is 10.6. The second kappa shape index (κ2) is 13.7. The third kappa shape index (κ3) is 8.56. The van der Waals surface area contributed by atoms with Crippen LogP contribution in [0.4, 0.5) is 0 Å². The summed E-state index contributed by atoms with van der Waals surface area (Å²) in [5.74, 6) is 0.904. The Labute approximate surface area is 241 Å². The molecule has 3 atom stereocenters. The monoisotopic (exact) mass is 579 g/mol. The first-order chi connectivity index (χ1) is 19.6. The number of guanidine groups is 1. The Kier molecular flexibility index (Phi) is 10.0. The molecular formula is C31H37N3O6S. The number of aromatic hydroxyl groups is 1. The number of nitrogens with one attached hydrogen (secondary N) is 1. The van der Waals surface area contributed by atoms with Crippen LogP contribution in [-0.4, -0.2) is 41.1 Å². The number of benzene rings is 3. The summed E-state index contributed by atoms with van der Waals surface area (Å²) in [6.45, 7) is 2.59. The van der Waals surface area contributed by atoms with Gasteiger partial charge in [-0.25, -0.2) is 4.99 Å². The number of ether oxygens (including phenoxy) is 1. The molecule has 3 unspecified atom stereocenters. The van der Waals surface area contributed by atoms with Gasteiger partial charge in [-0.05, 0) is 71.2 Å². The van der Waals surface area contributed by atoms with Crippen LogP contribution in [0.15, 0.2) is 83.9 Å². The first-order valence-electron chi connectivity index (χ1n) is 13.6. The van der Waals surface area contributed by atoms with Crippen LogP contribution < -0.4 is 15.8 Å². The Hall–Kier alpha value is -3.86. The average Bonchev–Trinajstić information content (AvgIpc) is 2.94. The van der Waals surface area contributed by atoms with Gasteiger partial charge in [-0.1, -0.05) is 67.6 Å². The molecular weight excluding hydrogens is 542 g/mol. The van der Waals surface area contributed by atoms with E-state index < -0.39 is 21.5 Å². The summed E-state index contributed by atoms with van der Waals surface area (Å²) in [5, 5.41) is 21.9. The zero-order chi connectivity index (χ0) is 29.4. The number of allylic oxidation sites excluding steroid dienone is 1. The summed E-state index contributed by atoms with van der Waals surface area (Å²) in [6, 6.07) is 20.1. The lowest BCUT2D eigenvalue weighted by Crippen LogP contribution is -2.31. The van der Waals surface area contributed by atoms with Gasteiger partial charge in [0.25, 0.3) is 10.1 Å². The van der Waals surface area contributed by atoms with Crippen molar-refractivity contribution in [1.29, 1.82) is 0 Å². The van der Waals surface area contributed by atoms with Crippen molar-refractivity contribution in [2.45, 2.75) is 56.4 Å². The van der Waals surface area contributed by atoms with E-state index in [1.54, 1.807) is 18.2 Å². The van der Waals surface area contributed by atoms with E-state index in [0.29, 0.717) is 36.7 Å². The molecule has 0 aliphatic carbocycles. The van der Waals surface area contributed by atoms with Crippen LogP contribution >= 0.6 is 0 Å². The minimum Gasteiger partial charge on any atom is -0.508 e. The van der Waals surface area contributed by atoms with Crippen LogP contribution in [0, 0.1) is 0 Å². The molecule has 1 aliphatic heterocycles. The maximum atomic E-state index is 12.4. The molecule has 0 fully saturated rings. The molecule has 0 spiro atoms. The minimum absolute atomic E-state index is 0.0405. The maximum Gasteiger partial charge on any atom is 0.268 e. The van der Waals surface area contributed by atoms with Crippen molar-refractivity contribution in [2.75, 3.05) is 6.73 Å². The lowest BCUT2D eigenvalue weighted by molar-refractivity contribution is 0.228. The Morgan fingerprint density at radius 3 is 2.54 bits per heavy atom. The molecule has 218 valence electrons. The van der Waals surface area contributed by atoms with Crippen molar-refractivity contribution in [3.8, 4) is 11.5 Å². The van der Waals surface area contributed by atoms with Gasteiger partial charge in [0.1, 0.15) is 11.5 Å². The highest BCUT2D eigenvalue weighted by Gasteiger charge is 2.27. The van der Waals surface area contributed by atoms with E-state index in [9.17, 15) is 23.2 Å². The molecule has 0 saturated heterocycles. The van der Waals surface area contributed by atoms with E-state index in [-0.39, 0.29) is 31.2 Å². The molecule has 3 aromatic carbocycles. The standard InChI is InChI=1S/C31H37N3O6S/c1-2-23(18-28(41(37,38)39)7-4-8-29(36)24-9-12-27(35)13-10-24)25-11-14-30-26(17-25)16-21-5-3-6-22(15-21)19-33-31(32)34-20-40-30/h3-6,8-15,17,23,28-29,35-36H,2,7,16,18-20H2,1H3,(H3,32,33,34)(H,37,38,39). The molecule has 0 saturated carbocycles. The largest absolute Gasteiger partial charge is 0.508 e. The summed E-state index contributed by atoms with van der Waals surface area (Å²) >= 11 is 0. The molecule has 0 radical (unpaired) electrons. The molecule has 1 heterocycles. The predicted molar refractivity (Wildman–Crippen MR) is 159 cm³/mol. The molecule has 0 amide bonds. The molecule has 6 N–H and O–H groups in total. The average molecular weight is 580 g/mol. The molecule has 2 bridgehead atoms. The van der Waals surface area contributed by atoms with E-state index in [0.717, 1.165) is 22.3 Å². The Balaban J connectivity index is 1.55. The number of phenolic OH excluding ortho intramolecular Hbond substituents is 1. The van der Waals surface area contributed by atoms with Crippen LogP contribution in [0.1, 0.15) is 66.0 Å². The lowest BCUT2D eigenvalue weighted by Gasteiger charge is -2.22. The number of aliphatic hydroxyl groups excluding tert-OH is 1. The van der Waals surface area contributed by atoms with Crippen molar-refractivity contribution >= 4 is 16.1 Å². The van der Waals surface area contributed by atoms with E-state index >= 15 is 0 Å². The second-order valence-electron chi connectivity index (χ2n) is 10.2. The van der Waals surface area contributed by atoms with E-state index in [2.05, 4.69) is 16.4 Å². The zero-order valence-corrected chi connectivity index (χ0v) is 23.8. The normalized spacial score (nSPS) is 16.2. The SMILES string of the molecule is CCC(CC(CC=CC(O)c1ccc(O)cc1)S(=O)(=O)O)c1ccc2c(c1)Cc1cccc(c1)CNC(N)=NCO2. The first kappa shape index (κ1) is 30.1. The fraction of sp³-hybridized carbons (Fsp3) is 0.323. The zero-order valence-electron chi connectivity index (χ0n) is 23.0. The van der Waals surface area contributed by atoms with Gasteiger partial charge >= 0.3 is 0 Å². The molecule has 3 aromatic rings. The van der Waals surface area contributed by atoms with Crippen LogP contribution in [0.3, 0.4) is 0 Å². The fourth-order valence-electron chi connectivity index (χ4n) is 4.96. The number of aliphatic hydroxyl groups is 1. The van der Waals surface area contributed by atoms with Gasteiger partial charge in [0, 0.05) is 13.0 Å². The van der Waals surface area contributed by atoms with E-state index in [4.69, 9.17) is 10.5 Å². The van der Waals surface area contributed by atoms with Gasteiger partial charge in [0.2, 0.25) is 0 Å². The molecule has 9 nitrogen and oxygen atoms in total. The van der Waals surface area contributed by atoms with Crippen LogP contribution in [0.5, 0.6) is 11.5 Å². The highest BCUT2D eigenvalue weighted by molar-refractivity contribution is 7.86. The molecule has 41 heavy (non-hydrogen) atoms. The number of phenols is 1. The first-order valence-corrected chi connectivity index (χ1v) is 15.1. The number of aliphatic imine (C=N–C) groups is 1. The quantitative estimate of drug-likeness (QED) is 0.183. The number of nitrogens with two attached hydrogens (primary N) is 1. The van der Waals surface area contributed by atoms with Crippen molar-refractivity contribution in [3.05, 3.63) is 107 Å². The van der Waals surface area contributed by atoms with E-state index in [1.165, 1.54) is 18.2 Å². The van der Waals surface area contributed by atoms with Gasteiger partial charge in [0.05, 0.1) is 11.4 Å². The molecule has 4 rings (SSSR count). The Morgan fingerprint density at radius 2 is 1.80 bits per heavy atom. The number of rotatable bonds is 9. The van der Waals surface area contributed by atoms with Crippen molar-refractivity contribution in [1.82, 2.24) is 5.32 Å². The third-order valence-corrected chi connectivity index (χ3v) is 8.51. The number of hydrogen-bond acceptors (Lipinski definition) is 8. The van der Waals surface area contributed by atoms with Gasteiger partial charge in [-0.3, -0.25) is 4.55 Å². The van der Waals surface area contributed by atoms with Crippen LogP contribution in [0.25, 0.3) is 0 Å². The second-order valence-corrected chi connectivity index (χ2v) is 11.9. The number of fused-ring (bicyclic) bond motifs is 3. The van der Waals surface area contributed by atoms with Gasteiger partial charge in [-0.2, -0.15) is 8.42 Å². The van der Waals surface area contributed by atoms with Crippen molar-refractivity contribution in [2.24, 2.45) is 10.7 Å². The van der Waals surface area contributed by atoms with Crippen molar-refractivity contribution < 1.29 is 27.9 Å². The third-order valence-electron chi connectivity index (χ3n) is 7.28. The lowest BCUT2D eigenvalue weighted by atomic mass is 9.88. The minimum atomic E-state index is -4.35. The smallest absolute Gasteiger partial charge is 0.268 e. The summed E-state index contributed by atoms with van der Waals surface area (Å²) in [4.78, 5) is 4.23. The predicted octanol–water partition coefficient (Wildman–Crippen LogP) is 4.56. The van der Waals surface area contributed by atoms with Crippen molar-refractivity contribution in [3.63, 3.8) is 0 Å². The number of hydrogen-bond donors (Lipinski definition) is 5. The highest BCUT2D eigenvalue weighted by Crippen LogP contribution is 2.33. The summed E-state index contributed by atoms with van der Waals surface area (Å²) < 4.78 is 40.7. The Bertz CT molecular complexity index is 1490. The molecule has 10 heteroatoms. The van der Waals surface area contributed by atoms with Crippen LogP contribution in [0.2, 0.25) is 0 Å². The van der Waals surface area contributed by atoms with Crippen LogP contribution in [-0.2, 0) is 23.1 Å². The Morgan fingerprint density at radius 1 is 1.07 bits per heavy atom. The summed E-state index contributed by atoms with van der Waals surface area (Å²) in [6.07, 6.45) is 3.62. The maximum absolute atomic E-state index is 12.4. The highest BCUT2D eigenvalue weighted by atomic mass is 32.2. The fourth-order valence-corrected chi connectivity index (χ4v) is 5.79. The van der Waals surface area contributed by atoms with Gasteiger partial charge in [-0.15, -0.1) is 0 Å². The topological polar surface area (TPSA) is 154 Å².